The van der Waals surface area contributed by atoms with Crippen LogP contribution in [0.15, 0.2) is 42.5 Å². The van der Waals surface area contributed by atoms with Crippen LogP contribution in [0.2, 0.25) is 0 Å². The van der Waals surface area contributed by atoms with Gasteiger partial charge in [0.2, 0.25) is 11.5 Å². The van der Waals surface area contributed by atoms with E-state index in [1.807, 2.05) is 0 Å². The molecule has 4 rings (SSSR count). The van der Waals surface area contributed by atoms with Gasteiger partial charge in [-0.1, -0.05) is 6.07 Å². The van der Waals surface area contributed by atoms with E-state index in [1.54, 1.807) is 0 Å². The van der Waals surface area contributed by atoms with Gasteiger partial charge in [0.1, 0.15) is 43.2 Å². The van der Waals surface area contributed by atoms with E-state index in [4.69, 9.17) is 37.9 Å². The Morgan fingerprint density at radius 2 is 1.35 bits per heavy atom. The molecule has 2 saturated heterocycles. The molecule has 2 heterocycles. The lowest BCUT2D eigenvalue weighted by atomic mass is 9.99. The van der Waals surface area contributed by atoms with Crippen molar-refractivity contribution in [2.45, 2.75) is 54.8 Å². The fourth-order valence-electron chi connectivity index (χ4n) is 5.28. The van der Waals surface area contributed by atoms with Crippen LogP contribution in [0.4, 0.5) is 0 Å². The zero-order valence-electron chi connectivity index (χ0n) is 27.6. The maximum Gasteiger partial charge on any atom is 0.331 e. The molecule has 2 fully saturated rings. The Bertz CT molecular complexity index is 1550. The summed E-state index contributed by atoms with van der Waals surface area (Å²) in [6.45, 7) is -2.69. The van der Waals surface area contributed by atoms with E-state index in [0.717, 1.165) is 12.2 Å². The first-order valence-corrected chi connectivity index (χ1v) is 15.3. The van der Waals surface area contributed by atoms with Crippen molar-refractivity contribution in [3.8, 4) is 28.7 Å². The maximum atomic E-state index is 13.1. The minimum absolute atomic E-state index is 0.0425. The molecule has 51 heavy (non-hydrogen) atoms. The average Bonchev–Trinajstić information content (AvgIpc) is 3.39. The van der Waals surface area contributed by atoms with Gasteiger partial charge in [0, 0.05) is 12.2 Å². The van der Waals surface area contributed by atoms with Gasteiger partial charge in [0.25, 0.3) is 0 Å². The van der Waals surface area contributed by atoms with Crippen LogP contribution in [0.5, 0.6) is 28.7 Å². The molecule has 2 aromatic rings. The van der Waals surface area contributed by atoms with E-state index >= 15 is 0 Å². The Hall–Kier alpha value is -4.50. The second-order valence-electron chi connectivity index (χ2n) is 11.3. The minimum atomic E-state index is -2.54. The number of methoxy groups -OCH3 is 3. The lowest BCUT2D eigenvalue weighted by molar-refractivity contribution is -0.383. The van der Waals surface area contributed by atoms with Crippen molar-refractivity contribution in [1.82, 2.24) is 0 Å². The Morgan fingerprint density at radius 1 is 0.765 bits per heavy atom. The number of benzene rings is 2. The minimum Gasteiger partial charge on any atom is -0.504 e. The lowest BCUT2D eigenvalue weighted by Gasteiger charge is -2.43. The SMILES string of the molecule is COc1cc(/C=C/C(=O)O[C@@H]2[C@@H](O)[C@H](CO)O[C@]2(COC(=O)/C=C/c2cc(OC)c(O)c(OC)c2)O[C@H]2O[C@@H](CO)[C@H](O)[C@@H](O)[C@@H]2O)ccc1O. The lowest BCUT2D eigenvalue weighted by Crippen LogP contribution is -2.63. The number of phenolic OH excluding ortho intramolecular Hbond substituents is 2. The van der Waals surface area contributed by atoms with Crippen LogP contribution in [-0.4, -0.2) is 149 Å². The second kappa shape index (κ2) is 17.1. The van der Waals surface area contributed by atoms with Gasteiger partial charge < -0.3 is 78.7 Å². The largest absolute Gasteiger partial charge is 0.504 e. The number of phenols is 2. The third kappa shape index (κ3) is 8.87. The molecule has 0 bridgehead atoms. The molecule has 0 amide bonds. The van der Waals surface area contributed by atoms with Crippen LogP contribution < -0.4 is 14.2 Å². The third-order valence-electron chi connectivity index (χ3n) is 8.01. The van der Waals surface area contributed by atoms with E-state index in [0.29, 0.717) is 11.1 Å². The molecule has 280 valence electrons. The van der Waals surface area contributed by atoms with E-state index in [9.17, 15) is 50.4 Å². The zero-order valence-corrected chi connectivity index (χ0v) is 27.6. The number of hydrogen-bond acceptors (Lipinski definition) is 18. The summed E-state index contributed by atoms with van der Waals surface area (Å²) in [5.41, 5.74) is 0.731. The highest BCUT2D eigenvalue weighted by Gasteiger charge is 2.61. The number of carbonyl (C=O) groups excluding carboxylic acids is 2. The van der Waals surface area contributed by atoms with Gasteiger partial charge in [0.15, 0.2) is 35.4 Å². The zero-order chi connectivity index (χ0) is 37.5. The Kier molecular flexibility index (Phi) is 13.2. The average molecular weight is 725 g/mol. The summed E-state index contributed by atoms with van der Waals surface area (Å²) in [7, 11) is 3.95. The molecular weight excluding hydrogens is 684 g/mol. The summed E-state index contributed by atoms with van der Waals surface area (Å²) in [6.07, 6.45) is -9.92. The quantitative estimate of drug-likeness (QED) is 0.0819. The number of aliphatic hydroxyl groups is 6. The highest BCUT2D eigenvalue weighted by molar-refractivity contribution is 5.88. The molecule has 0 spiro atoms. The predicted molar refractivity (Wildman–Crippen MR) is 170 cm³/mol. The first-order chi connectivity index (χ1) is 24.3. The Balaban J connectivity index is 1.64. The number of rotatable bonds is 14. The van der Waals surface area contributed by atoms with E-state index < -0.39 is 86.6 Å². The van der Waals surface area contributed by atoms with Crippen molar-refractivity contribution >= 4 is 24.1 Å². The molecule has 18 heteroatoms. The Labute approximate surface area is 290 Å². The number of aromatic hydroxyl groups is 2. The molecule has 2 aliphatic rings. The highest BCUT2D eigenvalue weighted by atomic mass is 16.8. The van der Waals surface area contributed by atoms with Gasteiger partial charge >= 0.3 is 11.9 Å². The van der Waals surface area contributed by atoms with Gasteiger partial charge in [-0.3, -0.25) is 0 Å². The van der Waals surface area contributed by atoms with Gasteiger partial charge in [-0.05, 0) is 47.5 Å². The highest BCUT2D eigenvalue weighted by Crippen LogP contribution is 2.40. The summed E-state index contributed by atoms with van der Waals surface area (Å²) >= 11 is 0. The number of ether oxygens (including phenoxy) is 8. The van der Waals surface area contributed by atoms with Crippen LogP contribution in [0.1, 0.15) is 11.1 Å². The standard InChI is InChI=1S/C33H40O18/c1-44-19-10-16(4-7-18(19)36)5-9-25(38)49-31-28(41)23(14-35)50-33(31,51-32-30(43)29(42)27(40)22(13-34)48-32)15-47-24(37)8-6-17-11-20(45-2)26(39)21(12-17)46-3/h4-12,22-23,27-32,34-36,39-43H,13-15H2,1-3H3/b8-6+,9-5+/t22-,23-,27-,28-,29+,30-,31+,32+,33+/m0/s1. The number of carbonyl (C=O) groups is 2. The molecule has 2 aromatic carbocycles. The second-order valence-corrected chi connectivity index (χ2v) is 11.3. The fraction of sp³-hybridized carbons (Fsp3) is 0.455. The topological polar surface area (TPSA) is 270 Å². The van der Waals surface area contributed by atoms with Crippen LogP contribution in [0, 0.1) is 0 Å². The maximum absolute atomic E-state index is 13.1. The van der Waals surface area contributed by atoms with Crippen molar-refractivity contribution < 1.29 is 88.3 Å². The normalized spacial score (nSPS) is 29.3. The van der Waals surface area contributed by atoms with Gasteiger partial charge in [-0.15, -0.1) is 0 Å². The molecule has 0 radical (unpaired) electrons. The number of aliphatic hydroxyl groups excluding tert-OH is 6. The number of hydrogen-bond donors (Lipinski definition) is 8. The van der Waals surface area contributed by atoms with E-state index in [-0.39, 0.29) is 28.7 Å². The monoisotopic (exact) mass is 724 g/mol. The molecular formula is C33H40O18. The molecule has 0 aliphatic carbocycles. The molecule has 18 nitrogen and oxygen atoms in total. The van der Waals surface area contributed by atoms with Crippen molar-refractivity contribution in [1.29, 1.82) is 0 Å². The van der Waals surface area contributed by atoms with Crippen molar-refractivity contribution in [3.63, 3.8) is 0 Å². The summed E-state index contributed by atoms with van der Waals surface area (Å²) < 4.78 is 43.2. The van der Waals surface area contributed by atoms with Crippen molar-refractivity contribution in [2.24, 2.45) is 0 Å². The molecule has 8 N–H and O–H groups in total. The first kappa shape index (κ1) is 39.3. The van der Waals surface area contributed by atoms with E-state index in [1.165, 1.54) is 63.8 Å². The molecule has 9 atom stereocenters. The first-order valence-electron chi connectivity index (χ1n) is 15.3. The van der Waals surface area contributed by atoms with Crippen LogP contribution in [-0.2, 0) is 33.3 Å². The predicted octanol–water partition coefficient (Wildman–Crippen LogP) is -1.43. The molecule has 2 aliphatic heterocycles. The van der Waals surface area contributed by atoms with Gasteiger partial charge in [-0.25, -0.2) is 9.59 Å². The number of esters is 2. The summed E-state index contributed by atoms with van der Waals surface area (Å²) in [4.78, 5) is 26.0. The van der Waals surface area contributed by atoms with Gasteiger partial charge in [-0.2, -0.15) is 0 Å². The summed E-state index contributed by atoms with van der Waals surface area (Å²) in [5, 5.41) is 82.1. The Morgan fingerprint density at radius 3 is 1.96 bits per heavy atom. The third-order valence-corrected chi connectivity index (χ3v) is 8.01. The van der Waals surface area contributed by atoms with Crippen LogP contribution in [0.25, 0.3) is 12.2 Å². The van der Waals surface area contributed by atoms with Crippen LogP contribution in [0.3, 0.4) is 0 Å². The smallest absolute Gasteiger partial charge is 0.331 e. The van der Waals surface area contributed by atoms with Gasteiger partial charge in [0.05, 0.1) is 34.5 Å². The van der Waals surface area contributed by atoms with Crippen molar-refractivity contribution in [3.05, 3.63) is 53.6 Å². The fourth-order valence-corrected chi connectivity index (χ4v) is 5.28. The van der Waals surface area contributed by atoms with Crippen LogP contribution >= 0.6 is 0 Å². The summed E-state index contributed by atoms with van der Waals surface area (Å²) in [6, 6.07) is 6.98. The van der Waals surface area contributed by atoms with Crippen molar-refractivity contribution in [2.75, 3.05) is 41.2 Å². The molecule has 0 unspecified atom stereocenters. The summed E-state index contributed by atoms with van der Waals surface area (Å²) in [5.74, 6) is -4.92. The molecule has 0 aromatic heterocycles. The van der Waals surface area contributed by atoms with E-state index in [2.05, 4.69) is 0 Å². The molecule has 0 saturated carbocycles.